The third-order valence-electron chi connectivity index (χ3n) is 3.61. The number of aromatic nitrogens is 2. The number of carbonyl (C=O) groups is 2. The lowest BCUT2D eigenvalue weighted by molar-refractivity contribution is -0.169. The summed E-state index contributed by atoms with van der Waals surface area (Å²) in [7, 11) is 0. The molecule has 0 bridgehead atoms. The highest BCUT2D eigenvalue weighted by molar-refractivity contribution is 8.03. The standard InChI is InChI=1S/C18H16N2O5S2/c1-2-24-17(23)18(11-26-12-3-7-19-8-4-12)15(14(21)16(22)25-18)27-13-5-9-20-10-6-13/h3-10,21H,2,11H2,1H3. The smallest absolute Gasteiger partial charge is 0.375 e. The van der Waals surface area contributed by atoms with Crippen molar-refractivity contribution in [3.05, 3.63) is 59.7 Å². The second kappa shape index (κ2) is 8.45. The predicted molar refractivity (Wildman–Crippen MR) is 100 cm³/mol. The number of carbonyl (C=O) groups excluding carboxylic acids is 2. The minimum atomic E-state index is -1.72. The average Bonchev–Trinajstić information content (AvgIpc) is 2.94. The summed E-state index contributed by atoms with van der Waals surface area (Å²) < 4.78 is 10.5. The van der Waals surface area contributed by atoms with Gasteiger partial charge in [0.15, 0.2) is 0 Å². The molecule has 2 aromatic heterocycles. The SMILES string of the molecule is CCOC(=O)C1(CSc2ccncc2)OC(=O)C(O)=C1Sc1ccncc1. The fourth-order valence-corrected chi connectivity index (χ4v) is 4.48. The van der Waals surface area contributed by atoms with Gasteiger partial charge >= 0.3 is 11.9 Å². The van der Waals surface area contributed by atoms with Crippen molar-refractivity contribution < 1.29 is 24.2 Å². The summed E-state index contributed by atoms with van der Waals surface area (Å²) in [4.78, 5) is 34.5. The summed E-state index contributed by atoms with van der Waals surface area (Å²) in [5, 5.41) is 10.3. The molecule has 27 heavy (non-hydrogen) atoms. The Kier molecular flexibility index (Phi) is 6.02. The van der Waals surface area contributed by atoms with E-state index < -0.39 is 23.3 Å². The van der Waals surface area contributed by atoms with E-state index in [9.17, 15) is 14.7 Å². The zero-order valence-electron chi connectivity index (χ0n) is 14.3. The number of thioether (sulfide) groups is 2. The summed E-state index contributed by atoms with van der Waals surface area (Å²) >= 11 is 2.38. The number of hydrogen-bond donors (Lipinski definition) is 1. The first-order valence-electron chi connectivity index (χ1n) is 8.02. The lowest BCUT2D eigenvalue weighted by Gasteiger charge is -2.27. The van der Waals surface area contributed by atoms with Gasteiger partial charge in [0, 0.05) is 34.6 Å². The second-order valence-electron chi connectivity index (χ2n) is 5.37. The van der Waals surface area contributed by atoms with Crippen LogP contribution in [-0.2, 0) is 19.1 Å². The summed E-state index contributed by atoms with van der Waals surface area (Å²) in [6.45, 7) is 1.78. The van der Waals surface area contributed by atoms with E-state index in [0.29, 0.717) is 4.90 Å². The number of ether oxygens (including phenoxy) is 2. The van der Waals surface area contributed by atoms with Crippen molar-refractivity contribution in [1.29, 1.82) is 0 Å². The van der Waals surface area contributed by atoms with Crippen molar-refractivity contribution in [2.75, 3.05) is 12.4 Å². The van der Waals surface area contributed by atoms with Crippen molar-refractivity contribution in [3.63, 3.8) is 0 Å². The maximum absolute atomic E-state index is 12.8. The van der Waals surface area contributed by atoms with Crippen LogP contribution in [0.5, 0.6) is 0 Å². The van der Waals surface area contributed by atoms with Crippen LogP contribution in [0.2, 0.25) is 0 Å². The molecule has 1 atom stereocenters. The van der Waals surface area contributed by atoms with Gasteiger partial charge in [0.25, 0.3) is 5.60 Å². The van der Waals surface area contributed by atoms with Crippen LogP contribution in [0.4, 0.5) is 0 Å². The number of aliphatic hydroxyl groups excluding tert-OH is 1. The van der Waals surface area contributed by atoms with Crippen LogP contribution in [0.25, 0.3) is 0 Å². The molecule has 0 saturated heterocycles. The first-order valence-corrected chi connectivity index (χ1v) is 9.82. The molecule has 0 amide bonds. The van der Waals surface area contributed by atoms with Crippen molar-refractivity contribution in [2.24, 2.45) is 0 Å². The van der Waals surface area contributed by atoms with Crippen molar-refractivity contribution in [1.82, 2.24) is 9.97 Å². The van der Waals surface area contributed by atoms with E-state index in [1.807, 2.05) is 0 Å². The number of hydrogen-bond acceptors (Lipinski definition) is 9. The molecule has 1 aliphatic rings. The molecule has 9 heteroatoms. The fourth-order valence-electron chi connectivity index (χ4n) is 2.35. The van der Waals surface area contributed by atoms with Crippen molar-refractivity contribution >= 4 is 35.5 Å². The van der Waals surface area contributed by atoms with E-state index in [4.69, 9.17) is 9.47 Å². The van der Waals surface area contributed by atoms with Gasteiger partial charge in [0.05, 0.1) is 17.3 Å². The zero-order chi connectivity index (χ0) is 19.3. The van der Waals surface area contributed by atoms with Crippen molar-refractivity contribution in [3.8, 4) is 0 Å². The Morgan fingerprint density at radius 2 is 1.74 bits per heavy atom. The Morgan fingerprint density at radius 1 is 1.15 bits per heavy atom. The molecule has 3 heterocycles. The normalized spacial score (nSPS) is 19.1. The van der Waals surface area contributed by atoms with Crippen LogP contribution >= 0.6 is 23.5 Å². The Bertz CT molecular complexity index is 861. The van der Waals surface area contributed by atoms with Crippen LogP contribution in [0.15, 0.2) is 69.5 Å². The molecular weight excluding hydrogens is 388 g/mol. The number of esters is 2. The number of aliphatic hydroxyl groups is 1. The third kappa shape index (κ3) is 4.09. The highest BCUT2D eigenvalue weighted by Crippen LogP contribution is 2.46. The van der Waals surface area contributed by atoms with E-state index >= 15 is 0 Å². The number of cyclic esters (lactones) is 1. The van der Waals surface area contributed by atoms with Gasteiger partial charge in [-0.25, -0.2) is 9.59 Å². The third-order valence-corrected chi connectivity index (χ3v) is 6.00. The molecule has 7 nitrogen and oxygen atoms in total. The van der Waals surface area contributed by atoms with Crippen LogP contribution in [-0.4, -0.2) is 45.0 Å². The van der Waals surface area contributed by atoms with Gasteiger partial charge in [-0.2, -0.15) is 0 Å². The first kappa shape index (κ1) is 19.2. The maximum Gasteiger partial charge on any atom is 0.375 e. The monoisotopic (exact) mass is 404 g/mol. The Hall–Kier alpha value is -2.52. The first-order chi connectivity index (χ1) is 13.1. The molecule has 0 spiro atoms. The highest BCUT2D eigenvalue weighted by Gasteiger charge is 2.56. The summed E-state index contributed by atoms with van der Waals surface area (Å²) in [6, 6.07) is 6.97. The van der Waals surface area contributed by atoms with Gasteiger partial charge in [-0.1, -0.05) is 11.8 Å². The molecule has 2 aromatic rings. The Labute approximate surface area is 164 Å². The van der Waals surface area contributed by atoms with Gasteiger partial charge in [-0.05, 0) is 31.2 Å². The van der Waals surface area contributed by atoms with Crippen molar-refractivity contribution in [2.45, 2.75) is 22.3 Å². The largest absolute Gasteiger partial charge is 0.501 e. The molecule has 1 N–H and O–H groups in total. The number of rotatable bonds is 7. The highest BCUT2D eigenvalue weighted by atomic mass is 32.2. The topological polar surface area (TPSA) is 98.6 Å². The molecule has 0 saturated carbocycles. The van der Waals surface area contributed by atoms with E-state index in [2.05, 4.69) is 9.97 Å². The van der Waals surface area contributed by atoms with Crippen LogP contribution < -0.4 is 0 Å². The molecule has 0 radical (unpaired) electrons. The Balaban J connectivity index is 1.96. The number of pyridine rings is 2. The minimum absolute atomic E-state index is 0.0546. The maximum atomic E-state index is 12.8. The lowest BCUT2D eigenvalue weighted by Crippen LogP contribution is -2.44. The number of nitrogens with zero attached hydrogens (tertiary/aromatic N) is 2. The van der Waals surface area contributed by atoms with Crippen LogP contribution in [0.3, 0.4) is 0 Å². The molecule has 140 valence electrons. The van der Waals surface area contributed by atoms with E-state index in [-0.39, 0.29) is 17.3 Å². The molecule has 1 unspecified atom stereocenters. The van der Waals surface area contributed by atoms with Gasteiger partial charge < -0.3 is 14.6 Å². The van der Waals surface area contributed by atoms with Gasteiger partial charge in [0.1, 0.15) is 0 Å². The zero-order valence-corrected chi connectivity index (χ0v) is 16.0. The molecule has 1 aliphatic heterocycles. The summed E-state index contributed by atoms with van der Waals surface area (Å²) in [5.41, 5.74) is -1.72. The summed E-state index contributed by atoms with van der Waals surface area (Å²) in [6.07, 6.45) is 6.41. The average molecular weight is 404 g/mol. The van der Waals surface area contributed by atoms with Gasteiger partial charge in [-0.15, -0.1) is 11.8 Å². The lowest BCUT2D eigenvalue weighted by atomic mass is 10.1. The fraction of sp³-hybridized carbons (Fsp3) is 0.222. The predicted octanol–water partition coefficient (Wildman–Crippen LogP) is 2.99. The molecular formula is C18H16N2O5S2. The minimum Gasteiger partial charge on any atom is -0.501 e. The molecule has 0 aromatic carbocycles. The summed E-state index contributed by atoms with van der Waals surface area (Å²) in [5.74, 6) is -2.20. The Morgan fingerprint density at radius 3 is 2.33 bits per heavy atom. The molecule has 3 rings (SSSR count). The molecule has 0 aliphatic carbocycles. The van der Waals surface area contributed by atoms with Gasteiger partial charge in [-0.3, -0.25) is 9.97 Å². The van der Waals surface area contributed by atoms with Crippen LogP contribution in [0, 0.1) is 0 Å². The second-order valence-corrected chi connectivity index (χ2v) is 7.50. The van der Waals surface area contributed by atoms with E-state index in [1.54, 1.807) is 56.0 Å². The van der Waals surface area contributed by atoms with Gasteiger partial charge in [0.2, 0.25) is 5.76 Å². The molecule has 0 fully saturated rings. The quantitative estimate of drug-likeness (QED) is 0.551. The van der Waals surface area contributed by atoms with Crippen LogP contribution in [0.1, 0.15) is 6.92 Å². The van der Waals surface area contributed by atoms with E-state index in [1.165, 1.54) is 11.8 Å². The van der Waals surface area contributed by atoms with E-state index in [0.717, 1.165) is 16.7 Å².